The minimum absolute atomic E-state index is 0.363. The second-order valence-electron chi connectivity index (χ2n) is 4.04. The van der Waals surface area contributed by atoms with Gasteiger partial charge < -0.3 is 16.6 Å². The number of carboxylic acids is 1. The van der Waals surface area contributed by atoms with E-state index in [0.29, 0.717) is 0 Å². The van der Waals surface area contributed by atoms with Crippen LogP contribution < -0.4 is 11.5 Å². The smallest absolute Gasteiger partial charge is 0.417 e. The number of aromatic carboxylic acids is 1. The van der Waals surface area contributed by atoms with Crippen molar-refractivity contribution < 1.29 is 23.1 Å². The molecule has 0 fully saturated rings. The van der Waals surface area contributed by atoms with Gasteiger partial charge in [-0.15, -0.1) is 0 Å². The Hall–Kier alpha value is -2.84. The Labute approximate surface area is 116 Å². The summed E-state index contributed by atoms with van der Waals surface area (Å²) >= 11 is 0. The van der Waals surface area contributed by atoms with Gasteiger partial charge in [-0.05, 0) is 6.07 Å². The summed E-state index contributed by atoms with van der Waals surface area (Å²) in [5.74, 6) is -2.35. The average Bonchev–Trinajstić information content (AvgIpc) is 2.37. The molecule has 1 aromatic heterocycles. The Kier molecular flexibility index (Phi) is 3.42. The van der Waals surface area contributed by atoms with Gasteiger partial charge in [-0.1, -0.05) is 18.2 Å². The Morgan fingerprint density at radius 1 is 1.10 bits per heavy atom. The first-order valence-electron chi connectivity index (χ1n) is 5.54. The van der Waals surface area contributed by atoms with Crippen LogP contribution >= 0.6 is 0 Å². The maximum absolute atomic E-state index is 13.0. The molecule has 9 heteroatoms. The molecular weight excluding hydrogens is 289 g/mol. The minimum Gasteiger partial charge on any atom is -0.476 e. The first kappa shape index (κ1) is 14.6. The molecule has 0 aliphatic carbocycles. The molecule has 0 saturated carbocycles. The number of nitrogens with two attached hydrogens (primary N) is 2. The maximum Gasteiger partial charge on any atom is 0.417 e. The zero-order valence-corrected chi connectivity index (χ0v) is 10.3. The van der Waals surface area contributed by atoms with Crippen molar-refractivity contribution in [2.75, 3.05) is 11.5 Å². The van der Waals surface area contributed by atoms with E-state index in [1.807, 2.05) is 0 Å². The van der Waals surface area contributed by atoms with Crippen LogP contribution in [0.3, 0.4) is 0 Å². The molecule has 1 heterocycles. The topological polar surface area (TPSA) is 115 Å². The number of anilines is 2. The zero-order valence-electron chi connectivity index (χ0n) is 10.3. The van der Waals surface area contributed by atoms with Gasteiger partial charge in [0.1, 0.15) is 5.69 Å². The standard InChI is InChI=1S/C12H9F3N4O2/c13-12(14,15)6-4-2-1-3-5(6)7-9(16)19-10(17)8(18-7)11(20)21/h1-4H,(H,20,21)(H4,16,17,19). The van der Waals surface area contributed by atoms with Gasteiger partial charge in [-0.25, -0.2) is 14.8 Å². The first-order chi connectivity index (χ1) is 9.71. The molecule has 0 atom stereocenters. The number of benzene rings is 1. The number of carboxylic acid groups (broad SMARTS) is 1. The van der Waals surface area contributed by atoms with Gasteiger partial charge in [0.05, 0.1) is 5.56 Å². The van der Waals surface area contributed by atoms with Crippen LogP contribution in [-0.2, 0) is 6.18 Å². The summed E-state index contributed by atoms with van der Waals surface area (Å²) in [6.07, 6.45) is -4.64. The summed E-state index contributed by atoms with van der Waals surface area (Å²) in [5.41, 5.74) is 8.46. The van der Waals surface area contributed by atoms with Crippen LogP contribution in [0.5, 0.6) is 0 Å². The van der Waals surface area contributed by atoms with Crippen molar-refractivity contribution in [2.24, 2.45) is 0 Å². The van der Waals surface area contributed by atoms with Gasteiger partial charge in [-0.2, -0.15) is 13.2 Å². The molecule has 6 nitrogen and oxygen atoms in total. The lowest BCUT2D eigenvalue weighted by Gasteiger charge is -2.14. The number of nitrogens with zero attached hydrogens (tertiary/aromatic N) is 2. The largest absolute Gasteiger partial charge is 0.476 e. The zero-order chi connectivity index (χ0) is 15.8. The maximum atomic E-state index is 13.0. The van der Waals surface area contributed by atoms with Crippen LogP contribution in [0.1, 0.15) is 16.1 Å². The highest BCUT2D eigenvalue weighted by atomic mass is 19.4. The summed E-state index contributed by atoms with van der Waals surface area (Å²) in [7, 11) is 0. The molecule has 0 amide bonds. The summed E-state index contributed by atoms with van der Waals surface area (Å²) in [5, 5.41) is 8.91. The Balaban J connectivity index is 2.74. The van der Waals surface area contributed by atoms with Crippen LogP contribution in [0.2, 0.25) is 0 Å². The van der Waals surface area contributed by atoms with Crippen LogP contribution in [0, 0.1) is 0 Å². The fourth-order valence-electron chi connectivity index (χ4n) is 1.75. The molecule has 0 radical (unpaired) electrons. The van der Waals surface area contributed by atoms with Crippen molar-refractivity contribution in [1.29, 1.82) is 0 Å². The highest BCUT2D eigenvalue weighted by Crippen LogP contribution is 2.37. The van der Waals surface area contributed by atoms with E-state index in [1.54, 1.807) is 0 Å². The highest BCUT2D eigenvalue weighted by Gasteiger charge is 2.34. The van der Waals surface area contributed by atoms with Crippen LogP contribution in [0.15, 0.2) is 24.3 Å². The Morgan fingerprint density at radius 3 is 2.29 bits per heavy atom. The molecule has 21 heavy (non-hydrogen) atoms. The number of nitrogen functional groups attached to an aromatic ring is 2. The molecule has 0 aliphatic rings. The number of hydrogen-bond acceptors (Lipinski definition) is 5. The normalized spacial score (nSPS) is 11.4. The van der Waals surface area contributed by atoms with Crippen molar-refractivity contribution in [3.63, 3.8) is 0 Å². The number of alkyl halides is 3. The van der Waals surface area contributed by atoms with Crippen molar-refractivity contribution in [3.8, 4) is 11.3 Å². The number of rotatable bonds is 2. The quantitative estimate of drug-likeness (QED) is 0.781. The van der Waals surface area contributed by atoms with E-state index in [4.69, 9.17) is 16.6 Å². The van der Waals surface area contributed by atoms with Gasteiger partial charge >= 0.3 is 12.1 Å². The van der Waals surface area contributed by atoms with E-state index in [-0.39, 0.29) is 17.1 Å². The Bertz CT molecular complexity index is 716. The van der Waals surface area contributed by atoms with E-state index in [2.05, 4.69) is 9.97 Å². The highest BCUT2D eigenvalue weighted by molar-refractivity contribution is 5.92. The third kappa shape index (κ3) is 2.71. The third-order valence-corrected chi connectivity index (χ3v) is 2.64. The molecule has 110 valence electrons. The van der Waals surface area contributed by atoms with Gasteiger partial charge in [0.25, 0.3) is 0 Å². The minimum atomic E-state index is -4.64. The van der Waals surface area contributed by atoms with Gasteiger partial charge in [0.2, 0.25) is 0 Å². The third-order valence-electron chi connectivity index (χ3n) is 2.64. The lowest BCUT2D eigenvalue weighted by atomic mass is 10.0. The Morgan fingerprint density at radius 2 is 1.71 bits per heavy atom. The predicted molar refractivity (Wildman–Crippen MR) is 68.3 cm³/mol. The van der Waals surface area contributed by atoms with Gasteiger partial charge in [0, 0.05) is 5.56 Å². The lowest BCUT2D eigenvalue weighted by Crippen LogP contribution is -2.13. The van der Waals surface area contributed by atoms with E-state index in [9.17, 15) is 18.0 Å². The first-order valence-corrected chi connectivity index (χ1v) is 5.54. The van der Waals surface area contributed by atoms with E-state index < -0.39 is 29.2 Å². The average molecular weight is 298 g/mol. The van der Waals surface area contributed by atoms with Crippen LogP contribution in [0.25, 0.3) is 11.3 Å². The SMILES string of the molecule is Nc1nc(N)c(-c2ccccc2C(F)(F)F)nc1C(=O)O. The molecule has 0 saturated heterocycles. The van der Waals surface area contributed by atoms with Crippen molar-refractivity contribution in [2.45, 2.75) is 6.18 Å². The fourth-order valence-corrected chi connectivity index (χ4v) is 1.75. The molecule has 5 N–H and O–H groups in total. The summed E-state index contributed by atoms with van der Waals surface area (Å²) < 4.78 is 38.9. The second-order valence-corrected chi connectivity index (χ2v) is 4.04. The molecular formula is C12H9F3N4O2. The number of hydrogen-bond donors (Lipinski definition) is 3. The predicted octanol–water partition coefficient (Wildman–Crippen LogP) is 2.02. The number of carbonyl (C=O) groups is 1. The molecule has 0 bridgehead atoms. The molecule has 0 spiro atoms. The summed E-state index contributed by atoms with van der Waals surface area (Å²) in [6.45, 7) is 0. The summed E-state index contributed by atoms with van der Waals surface area (Å²) in [6, 6.07) is 4.52. The van der Waals surface area contributed by atoms with Crippen molar-refractivity contribution in [1.82, 2.24) is 9.97 Å². The van der Waals surface area contributed by atoms with Crippen molar-refractivity contribution >= 4 is 17.6 Å². The summed E-state index contributed by atoms with van der Waals surface area (Å²) in [4.78, 5) is 18.1. The fraction of sp³-hybridized carbons (Fsp3) is 0.0833. The number of aromatic nitrogens is 2. The van der Waals surface area contributed by atoms with Gasteiger partial charge in [0.15, 0.2) is 17.3 Å². The molecule has 0 aliphatic heterocycles. The molecule has 1 aromatic carbocycles. The monoisotopic (exact) mass is 298 g/mol. The molecule has 0 unspecified atom stereocenters. The lowest BCUT2D eigenvalue weighted by molar-refractivity contribution is -0.137. The van der Waals surface area contributed by atoms with Crippen LogP contribution in [0.4, 0.5) is 24.8 Å². The van der Waals surface area contributed by atoms with Gasteiger partial charge in [-0.3, -0.25) is 0 Å². The van der Waals surface area contributed by atoms with E-state index in [1.165, 1.54) is 12.1 Å². The van der Waals surface area contributed by atoms with Crippen LogP contribution in [-0.4, -0.2) is 21.0 Å². The number of halogens is 3. The second kappa shape index (κ2) is 4.93. The van der Waals surface area contributed by atoms with E-state index in [0.717, 1.165) is 12.1 Å². The molecule has 2 rings (SSSR count). The van der Waals surface area contributed by atoms with Crippen molar-refractivity contribution in [3.05, 3.63) is 35.5 Å². The molecule has 2 aromatic rings. The van der Waals surface area contributed by atoms with E-state index >= 15 is 0 Å².